The van der Waals surface area contributed by atoms with E-state index in [1.165, 1.54) is 0 Å². The Labute approximate surface area is 117 Å². The van der Waals surface area contributed by atoms with Crippen molar-refractivity contribution in [2.75, 3.05) is 14.1 Å². The Bertz CT molecular complexity index is 563. The minimum absolute atomic E-state index is 0.314. The molecule has 0 radical (unpaired) electrons. The Morgan fingerprint density at radius 2 is 1.50 bits per heavy atom. The third-order valence-electron chi connectivity index (χ3n) is 2.53. The van der Waals surface area contributed by atoms with Gasteiger partial charge < -0.3 is 10.6 Å². The lowest BCUT2D eigenvalue weighted by atomic mass is 10.1. The van der Waals surface area contributed by atoms with Crippen molar-refractivity contribution in [1.29, 1.82) is 0 Å². The highest BCUT2D eigenvalue weighted by atomic mass is 15.3. The second kappa shape index (κ2) is 6.42. The molecule has 6 heteroatoms. The van der Waals surface area contributed by atoms with Crippen LogP contribution in [0.3, 0.4) is 0 Å². The maximum Gasteiger partial charge on any atom is 0.215 e. The first-order valence-corrected chi connectivity index (χ1v) is 6.09. The summed E-state index contributed by atoms with van der Waals surface area (Å²) in [6.07, 6.45) is 3.40. The van der Waals surface area contributed by atoms with Gasteiger partial charge in [0, 0.05) is 26.5 Å². The minimum atomic E-state index is 0.314. The van der Waals surface area contributed by atoms with Crippen molar-refractivity contribution in [3.05, 3.63) is 60.2 Å². The van der Waals surface area contributed by atoms with Gasteiger partial charge in [0.05, 0.1) is 11.4 Å². The van der Waals surface area contributed by atoms with Crippen molar-refractivity contribution in [1.82, 2.24) is 14.9 Å². The van der Waals surface area contributed by atoms with Crippen LogP contribution < -0.4 is 5.73 Å². The summed E-state index contributed by atoms with van der Waals surface area (Å²) in [7, 11) is 3.60. The number of nitrogens with two attached hydrogens (primary N) is 1. The minimum Gasteiger partial charge on any atom is -0.368 e. The predicted molar refractivity (Wildman–Crippen MR) is 79.4 cm³/mol. The molecule has 0 spiro atoms. The van der Waals surface area contributed by atoms with Crippen molar-refractivity contribution in [3.63, 3.8) is 0 Å². The van der Waals surface area contributed by atoms with Gasteiger partial charge in [-0.15, -0.1) is 10.2 Å². The molecule has 0 fully saturated rings. The molecule has 0 aromatic carbocycles. The molecule has 0 aliphatic heterocycles. The van der Waals surface area contributed by atoms with Gasteiger partial charge in [0.2, 0.25) is 5.96 Å². The monoisotopic (exact) mass is 268 g/mol. The van der Waals surface area contributed by atoms with Gasteiger partial charge in [-0.3, -0.25) is 9.97 Å². The molecule has 0 saturated heterocycles. The lowest BCUT2D eigenvalue weighted by molar-refractivity contribution is 0.611. The summed E-state index contributed by atoms with van der Waals surface area (Å²) in [5, 5.41) is 8.20. The van der Waals surface area contributed by atoms with Crippen LogP contribution in [0.15, 0.2) is 59.0 Å². The van der Waals surface area contributed by atoms with Crippen LogP contribution in [-0.2, 0) is 0 Å². The molecule has 0 bridgehead atoms. The molecule has 0 aliphatic rings. The van der Waals surface area contributed by atoms with Gasteiger partial charge in [0.15, 0.2) is 0 Å². The summed E-state index contributed by atoms with van der Waals surface area (Å²) < 4.78 is 0. The molecule has 0 amide bonds. The van der Waals surface area contributed by atoms with Gasteiger partial charge in [-0.25, -0.2) is 0 Å². The summed E-state index contributed by atoms with van der Waals surface area (Å²) in [6.45, 7) is 0. The molecule has 102 valence electrons. The number of nitrogens with zero attached hydrogens (tertiary/aromatic N) is 5. The van der Waals surface area contributed by atoms with Gasteiger partial charge in [0.25, 0.3) is 0 Å². The fraction of sp³-hybridized carbons (Fsp3) is 0.143. The van der Waals surface area contributed by atoms with Crippen molar-refractivity contribution in [2.45, 2.75) is 0 Å². The third kappa shape index (κ3) is 3.38. The highest BCUT2D eigenvalue weighted by Crippen LogP contribution is 2.06. The SMILES string of the molecule is CN(C)/C(N)=N/N=C(c1ccccn1)c1ccccn1. The van der Waals surface area contributed by atoms with Crippen LogP contribution in [-0.4, -0.2) is 40.6 Å². The van der Waals surface area contributed by atoms with Crippen molar-refractivity contribution in [3.8, 4) is 0 Å². The topological polar surface area (TPSA) is 79.8 Å². The molecule has 2 N–H and O–H groups in total. The van der Waals surface area contributed by atoms with Gasteiger partial charge in [-0.2, -0.15) is 0 Å². The summed E-state index contributed by atoms with van der Waals surface area (Å²) in [4.78, 5) is 10.2. The van der Waals surface area contributed by atoms with Crippen molar-refractivity contribution >= 4 is 11.7 Å². The first-order valence-electron chi connectivity index (χ1n) is 6.09. The Hall–Kier alpha value is -2.76. The van der Waals surface area contributed by atoms with Crippen LogP contribution >= 0.6 is 0 Å². The number of hydrogen-bond donors (Lipinski definition) is 1. The van der Waals surface area contributed by atoms with Gasteiger partial charge in [-0.1, -0.05) is 12.1 Å². The average Bonchev–Trinajstić information content (AvgIpc) is 2.49. The van der Waals surface area contributed by atoms with Crippen LogP contribution in [0.1, 0.15) is 11.4 Å². The van der Waals surface area contributed by atoms with E-state index in [0.29, 0.717) is 23.1 Å². The van der Waals surface area contributed by atoms with E-state index in [9.17, 15) is 0 Å². The largest absolute Gasteiger partial charge is 0.368 e. The van der Waals surface area contributed by atoms with E-state index < -0.39 is 0 Å². The van der Waals surface area contributed by atoms with E-state index in [1.54, 1.807) is 31.4 Å². The number of aromatic nitrogens is 2. The maximum atomic E-state index is 5.75. The van der Waals surface area contributed by atoms with Crippen LogP contribution in [0.2, 0.25) is 0 Å². The number of rotatable bonds is 3. The van der Waals surface area contributed by atoms with Crippen LogP contribution in [0.5, 0.6) is 0 Å². The number of hydrogen-bond acceptors (Lipinski definition) is 4. The molecular formula is C14H16N6. The zero-order valence-corrected chi connectivity index (χ0v) is 11.4. The molecule has 20 heavy (non-hydrogen) atoms. The molecule has 0 saturated carbocycles. The van der Waals surface area contributed by atoms with E-state index in [-0.39, 0.29) is 0 Å². The number of pyridine rings is 2. The first-order chi connectivity index (χ1) is 9.68. The number of guanidine groups is 1. The predicted octanol–water partition coefficient (Wildman–Crippen LogP) is 1.11. The third-order valence-corrected chi connectivity index (χ3v) is 2.53. The standard InChI is InChI=1S/C14H16N6/c1-20(2)14(15)19-18-13(11-7-3-5-9-16-11)12-8-4-6-10-17-12/h3-10H,1-2H3,(H2,15,19). The lowest BCUT2D eigenvalue weighted by Crippen LogP contribution is -2.30. The molecular weight excluding hydrogens is 252 g/mol. The van der Waals surface area contributed by atoms with Crippen LogP contribution in [0.25, 0.3) is 0 Å². The van der Waals surface area contributed by atoms with Crippen molar-refractivity contribution < 1.29 is 0 Å². The normalized spacial score (nSPS) is 11.0. The Kier molecular flexibility index (Phi) is 4.39. The molecule has 2 heterocycles. The quantitative estimate of drug-likeness (QED) is 0.513. The smallest absolute Gasteiger partial charge is 0.215 e. The van der Waals surface area contributed by atoms with E-state index in [0.717, 1.165) is 0 Å². The molecule has 2 aromatic heterocycles. The van der Waals surface area contributed by atoms with E-state index in [2.05, 4.69) is 20.2 Å². The molecule has 0 atom stereocenters. The average molecular weight is 268 g/mol. The Morgan fingerprint density at radius 1 is 0.950 bits per heavy atom. The molecule has 2 rings (SSSR count). The summed E-state index contributed by atoms with van der Waals surface area (Å²) in [6, 6.07) is 11.2. The second-order valence-electron chi connectivity index (χ2n) is 4.23. The van der Waals surface area contributed by atoms with Gasteiger partial charge >= 0.3 is 0 Å². The molecule has 0 aliphatic carbocycles. The van der Waals surface area contributed by atoms with Gasteiger partial charge in [-0.05, 0) is 24.3 Å². The Morgan fingerprint density at radius 3 is 1.90 bits per heavy atom. The second-order valence-corrected chi connectivity index (χ2v) is 4.23. The van der Waals surface area contributed by atoms with E-state index in [4.69, 9.17) is 5.73 Å². The summed E-state index contributed by atoms with van der Waals surface area (Å²) >= 11 is 0. The molecule has 6 nitrogen and oxygen atoms in total. The molecule has 0 unspecified atom stereocenters. The van der Waals surface area contributed by atoms with Crippen LogP contribution in [0, 0.1) is 0 Å². The zero-order valence-electron chi connectivity index (χ0n) is 11.4. The fourth-order valence-electron chi connectivity index (χ4n) is 1.43. The summed E-state index contributed by atoms with van der Waals surface area (Å²) in [5.41, 5.74) is 7.72. The van der Waals surface area contributed by atoms with Crippen LogP contribution in [0.4, 0.5) is 0 Å². The van der Waals surface area contributed by atoms with E-state index >= 15 is 0 Å². The van der Waals surface area contributed by atoms with Gasteiger partial charge in [0.1, 0.15) is 5.71 Å². The highest BCUT2D eigenvalue weighted by molar-refractivity contribution is 6.10. The highest BCUT2D eigenvalue weighted by Gasteiger charge is 2.09. The van der Waals surface area contributed by atoms with E-state index in [1.807, 2.05) is 36.4 Å². The van der Waals surface area contributed by atoms with Crippen molar-refractivity contribution in [2.24, 2.45) is 15.9 Å². The Balaban J connectivity index is 2.46. The zero-order chi connectivity index (χ0) is 14.4. The maximum absolute atomic E-state index is 5.75. The fourth-order valence-corrected chi connectivity index (χ4v) is 1.43. The summed E-state index contributed by atoms with van der Waals surface area (Å²) in [5.74, 6) is 0.314. The lowest BCUT2D eigenvalue weighted by Gasteiger charge is -2.09. The first kappa shape index (κ1) is 13.7. The molecule has 2 aromatic rings.